The third-order valence-corrected chi connectivity index (χ3v) is 2.58. The van der Waals surface area contributed by atoms with Crippen molar-refractivity contribution in [2.75, 3.05) is 0 Å². The van der Waals surface area contributed by atoms with Crippen molar-refractivity contribution in [2.45, 2.75) is 46.7 Å². The highest BCUT2D eigenvalue weighted by Gasteiger charge is 2.28. The molecule has 0 unspecified atom stereocenters. The van der Waals surface area contributed by atoms with Crippen LogP contribution in [0.3, 0.4) is 0 Å². The highest BCUT2D eigenvalue weighted by atomic mass is 16.2. The van der Waals surface area contributed by atoms with Crippen LogP contribution in [0, 0.1) is 11.8 Å². The van der Waals surface area contributed by atoms with Gasteiger partial charge in [0.05, 0.1) is 0 Å². The average Bonchev–Trinajstić information content (AvgIpc) is 2.20. The Morgan fingerprint density at radius 2 is 1.33 bits per heavy atom. The molecule has 4 N–H and O–H groups in total. The molecule has 0 aromatic carbocycles. The van der Waals surface area contributed by atoms with Gasteiger partial charge in [-0.3, -0.25) is 14.4 Å². The maximum Gasteiger partial charge on any atom is 0.243 e. The van der Waals surface area contributed by atoms with E-state index in [0.29, 0.717) is 0 Å². The summed E-state index contributed by atoms with van der Waals surface area (Å²) < 4.78 is 0. The zero-order chi connectivity index (χ0) is 14.5. The van der Waals surface area contributed by atoms with E-state index in [1.165, 1.54) is 6.92 Å². The molecule has 0 aliphatic carbocycles. The zero-order valence-electron chi connectivity index (χ0n) is 11.6. The van der Waals surface area contributed by atoms with Gasteiger partial charge in [-0.25, -0.2) is 0 Å². The van der Waals surface area contributed by atoms with E-state index >= 15 is 0 Å². The largest absolute Gasteiger partial charge is 0.368 e. The van der Waals surface area contributed by atoms with Crippen LogP contribution in [-0.4, -0.2) is 29.8 Å². The second-order valence-electron chi connectivity index (χ2n) is 5.05. The first kappa shape index (κ1) is 16.4. The lowest BCUT2D eigenvalue weighted by molar-refractivity contribution is -0.132. The smallest absolute Gasteiger partial charge is 0.243 e. The van der Waals surface area contributed by atoms with Crippen molar-refractivity contribution in [2.24, 2.45) is 17.6 Å². The van der Waals surface area contributed by atoms with Crippen LogP contribution in [0.25, 0.3) is 0 Å². The SMILES string of the molecule is CC(=O)N[C@H](C(=O)N[C@H](C(N)=O)C(C)C)C(C)C. The molecular weight excluding hydrogens is 234 g/mol. The Morgan fingerprint density at radius 1 is 0.889 bits per heavy atom. The van der Waals surface area contributed by atoms with Gasteiger partial charge in [-0.05, 0) is 11.8 Å². The van der Waals surface area contributed by atoms with Gasteiger partial charge < -0.3 is 16.4 Å². The van der Waals surface area contributed by atoms with Crippen LogP contribution in [0.4, 0.5) is 0 Å². The maximum atomic E-state index is 12.0. The summed E-state index contributed by atoms with van der Waals surface area (Å²) in [6.45, 7) is 8.55. The van der Waals surface area contributed by atoms with Crippen LogP contribution in [0.1, 0.15) is 34.6 Å². The van der Waals surface area contributed by atoms with E-state index in [-0.39, 0.29) is 17.7 Å². The van der Waals surface area contributed by atoms with Crippen molar-refractivity contribution in [3.63, 3.8) is 0 Å². The van der Waals surface area contributed by atoms with E-state index in [1.807, 2.05) is 13.8 Å². The molecule has 0 aliphatic rings. The first-order valence-corrected chi connectivity index (χ1v) is 6.03. The van der Waals surface area contributed by atoms with E-state index in [0.717, 1.165) is 0 Å². The zero-order valence-corrected chi connectivity index (χ0v) is 11.6. The van der Waals surface area contributed by atoms with Crippen LogP contribution in [0.2, 0.25) is 0 Å². The highest BCUT2D eigenvalue weighted by Crippen LogP contribution is 2.05. The number of carbonyl (C=O) groups excluding carboxylic acids is 3. The number of nitrogens with two attached hydrogens (primary N) is 1. The Kier molecular flexibility index (Phi) is 6.36. The van der Waals surface area contributed by atoms with Gasteiger partial charge in [-0.1, -0.05) is 27.7 Å². The van der Waals surface area contributed by atoms with Crippen LogP contribution in [-0.2, 0) is 14.4 Å². The predicted molar refractivity (Wildman–Crippen MR) is 68.4 cm³/mol. The van der Waals surface area contributed by atoms with Gasteiger partial charge in [-0.15, -0.1) is 0 Å². The molecule has 3 amide bonds. The molecular formula is C12H23N3O3. The molecule has 0 saturated carbocycles. The number of amides is 3. The lowest BCUT2D eigenvalue weighted by Gasteiger charge is -2.25. The van der Waals surface area contributed by atoms with Gasteiger partial charge in [0.25, 0.3) is 0 Å². The topological polar surface area (TPSA) is 101 Å². The number of primary amides is 1. The third kappa shape index (κ3) is 5.16. The Balaban J connectivity index is 4.77. The van der Waals surface area contributed by atoms with Crippen LogP contribution < -0.4 is 16.4 Å². The lowest BCUT2D eigenvalue weighted by atomic mass is 10.00. The van der Waals surface area contributed by atoms with Crippen molar-refractivity contribution in [1.82, 2.24) is 10.6 Å². The van der Waals surface area contributed by atoms with Gasteiger partial charge in [-0.2, -0.15) is 0 Å². The summed E-state index contributed by atoms with van der Waals surface area (Å²) in [5, 5.41) is 5.13. The normalized spacial score (nSPS) is 14.2. The third-order valence-electron chi connectivity index (χ3n) is 2.58. The molecule has 0 radical (unpaired) electrons. The molecule has 0 aliphatic heterocycles. The molecule has 0 heterocycles. The monoisotopic (exact) mass is 257 g/mol. The standard InChI is InChI=1S/C12H23N3O3/c1-6(2)9(11(13)17)15-12(18)10(7(3)4)14-8(5)16/h6-7,9-10H,1-5H3,(H2,13,17)(H,14,16)(H,15,18)/t9-,10-/m0/s1. The first-order chi connectivity index (χ1) is 8.16. The van der Waals surface area contributed by atoms with E-state index in [4.69, 9.17) is 5.73 Å². The number of nitrogens with one attached hydrogen (secondary N) is 2. The minimum atomic E-state index is -0.729. The quantitative estimate of drug-likeness (QED) is 0.612. The van der Waals surface area contributed by atoms with Crippen LogP contribution >= 0.6 is 0 Å². The summed E-state index contributed by atoms with van der Waals surface area (Å²) in [5.74, 6) is -1.43. The maximum absolute atomic E-state index is 12.0. The lowest BCUT2D eigenvalue weighted by Crippen LogP contribution is -2.55. The minimum absolute atomic E-state index is 0.0745. The Bertz CT molecular complexity index is 327. The van der Waals surface area contributed by atoms with Gasteiger partial charge in [0, 0.05) is 6.92 Å². The fourth-order valence-electron chi connectivity index (χ4n) is 1.56. The molecule has 0 spiro atoms. The second kappa shape index (κ2) is 6.98. The molecule has 0 bridgehead atoms. The summed E-state index contributed by atoms with van der Waals surface area (Å²) in [7, 11) is 0. The molecule has 6 nitrogen and oxygen atoms in total. The van der Waals surface area contributed by atoms with Crippen molar-refractivity contribution >= 4 is 17.7 Å². The Labute approximate surface area is 108 Å². The average molecular weight is 257 g/mol. The molecule has 0 aromatic rings. The molecule has 0 rings (SSSR count). The van der Waals surface area contributed by atoms with Crippen molar-refractivity contribution in [3.8, 4) is 0 Å². The van der Waals surface area contributed by atoms with Gasteiger partial charge in [0.15, 0.2) is 0 Å². The predicted octanol–water partition coefficient (Wildman–Crippen LogP) is -0.227. The molecule has 2 atom stereocenters. The minimum Gasteiger partial charge on any atom is -0.368 e. The van der Waals surface area contributed by atoms with Gasteiger partial charge in [0.1, 0.15) is 12.1 Å². The van der Waals surface area contributed by atoms with Crippen LogP contribution in [0.5, 0.6) is 0 Å². The van der Waals surface area contributed by atoms with Gasteiger partial charge >= 0.3 is 0 Å². The summed E-state index contributed by atoms with van der Waals surface area (Å²) in [5.41, 5.74) is 5.22. The van der Waals surface area contributed by atoms with Crippen molar-refractivity contribution in [1.29, 1.82) is 0 Å². The summed E-state index contributed by atoms with van der Waals surface area (Å²) >= 11 is 0. The molecule has 18 heavy (non-hydrogen) atoms. The first-order valence-electron chi connectivity index (χ1n) is 6.03. The molecule has 0 saturated heterocycles. The van der Waals surface area contributed by atoms with Gasteiger partial charge in [0.2, 0.25) is 17.7 Å². The highest BCUT2D eigenvalue weighted by molar-refractivity contribution is 5.91. The molecule has 6 heteroatoms. The van der Waals surface area contributed by atoms with Crippen molar-refractivity contribution in [3.05, 3.63) is 0 Å². The molecule has 104 valence electrons. The number of carbonyl (C=O) groups is 3. The number of rotatable bonds is 6. The van der Waals surface area contributed by atoms with Crippen molar-refractivity contribution < 1.29 is 14.4 Å². The van der Waals surface area contributed by atoms with E-state index in [1.54, 1.807) is 13.8 Å². The van der Waals surface area contributed by atoms with E-state index < -0.39 is 23.9 Å². The van der Waals surface area contributed by atoms with E-state index in [9.17, 15) is 14.4 Å². The Morgan fingerprint density at radius 3 is 1.61 bits per heavy atom. The number of hydrogen-bond donors (Lipinski definition) is 3. The second-order valence-corrected chi connectivity index (χ2v) is 5.05. The summed E-state index contributed by atoms with van der Waals surface area (Å²) in [4.78, 5) is 34.3. The molecule has 0 aromatic heterocycles. The number of hydrogen-bond acceptors (Lipinski definition) is 3. The fraction of sp³-hybridized carbons (Fsp3) is 0.750. The summed E-state index contributed by atoms with van der Waals surface area (Å²) in [6, 6.07) is -1.39. The van der Waals surface area contributed by atoms with E-state index in [2.05, 4.69) is 10.6 Å². The summed E-state index contributed by atoms with van der Waals surface area (Å²) in [6.07, 6.45) is 0. The fourth-order valence-corrected chi connectivity index (χ4v) is 1.56. The van der Waals surface area contributed by atoms with Crippen LogP contribution in [0.15, 0.2) is 0 Å². The Hall–Kier alpha value is -1.59. The molecule has 0 fully saturated rings.